The number of rotatable bonds is 3. The van der Waals surface area contributed by atoms with Gasteiger partial charge < -0.3 is 0 Å². The van der Waals surface area contributed by atoms with Gasteiger partial charge in [0.05, 0.1) is 5.38 Å². The van der Waals surface area contributed by atoms with Crippen molar-refractivity contribution in [3.63, 3.8) is 0 Å². The summed E-state index contributed by atoms with van der Waals surface area (Å²) in [6.07, 6.45) is 0.849. The van der Waals surface area contributed by atoms with Gasteiger partial charge in [0, 0.05) is 4.47 Å². The fourth-order valence-corrected chi connectivity index (χ4v) is 3.02. The molecule has 20 heavy (non-hydrogen) atoms. The van der Waals surface area contributed by atoms with Crippen LogP contribution in [0.2, 0.25) is 0 Å². The predicted molar refractivity (Wildman–Crippen MR) is 91.6 cm³/mol. The Morgan fingerprint density at radius 3 is 2.20 bits per heavy atom. The number of hydrogen-bond acceptors (Lipinski definition) is 0. The zero-order chi connectivity index (χ0) is 14.8. The van der Waals surface area contributed by atoms with Crippen molar-refractivity contribution in [2.24, 2.45) is 0 Å². The molecule has 2 heteroatoms. The Morgan fingerprint density at radius 1 is 1.00 bits per heavy atom. The smallest absolute Gasteiger partial charge is 0.0628 e. The van der Waals surface area contributed by atoms with E-state index in [1.54, 1.807) is 0 Å². The largest absolute Gasteiger partial charge is 0.117 e. The third-order valence-corrected chi connectivity index (χ3v) is 4.35. The zero-order valence-electron chi connectivity index (χ0n) is 12.2. The molecule has 1 atom stereocenters. The number of hydrogen-bond donors (Lipinski definition) is 0. The summed E-state index contributed by atoms with van der Waals surface area (Å²) in [4.78, 5) is 0. The molecule has 0 fully saturated rings. The van der Waals surface area contributed by atoms with E-state index in [1.165, 1.54) is 16.7 Å². The average molecular weight is 352 g/mol. The van der Waals surface area contributed by atoms with Gasteiger partial charge in [-0.05, 0) is 40.7 Å². The molecule has 2 rings (SSSR count). The molecule has 0 radical (unpaired) electrons. The van der Waals surface area contributed by atoms with E-state index in [4.69, 9.17) is 11.6 Å². The minimum absolute atomic E-state index is 0.00611. The Balaban J connectivity index is 2.25. The second-order valence-electron chi connectivity index (χ2n) is 6.14. The third kappa shape index (κ3) is 3.86. The van der Waals surface area contributed by atoms with Gasteiger partial charge in [-0.15, -0.1) is 11.6 Å². The highest BCUT2D eigenvalue weighted by Crippen LogP contribution is 2.34. The maximum absolute atomic E-state index is 6.68. The lowest BCUT2D eigenvalue weighted by atomic mass is 9.82. The molecule has 106 valence electrons. The van der Waals surface area contributed by atoms with E-state index in [9.17, 15) is 0 Å². The van der Waals surface area contributed by atoms with Crippen molar-refractivity contribution in [3.8, 4) is 0 Å². The van der Waals surface area contributed by atoms with Crippen LogP contribution in [-0.4, -0.2) is 0 Å². The Kier molecular flexibility index (Phi) is 4.93. The maximum atomic E-state index is 6.68. The van der Waals surface area contributed by atoms with E-state index in [-0.39, 0.29) is 10.8 Å². The summed E-state index contributed by atoms with van der Waals surface area (Å²) in [5.74, 6) is 0. The summed E-state index contributed by atoms with van der Waals surface area (Å²) in [5, 5.41) is 0.00611. The van der Waals surface area contributed by atoms with Crippen molar-refractivity contribution in [1.29, 1.82) is 0 Å². The Bertz CT molecular complexity index is 567. The van der Waals surface area contributed by atoms with E-state index in [2.05, 4.69) is 85.2 Å². The topological polar surface area (TPSA) is 0 Å². The standard InChI is InChI=1S/C18H20BrCl/c1-18(2,3)16-7-5-4-6-15(16)17(20)12-13-8-10-14(19)11-9-13/h4-11,17H,12H2,1-3H3. The molecular weight excluding hydrogens is 332 g/mol. The van der Waals surface area contributed by atoms with E-state index in [0.29, 0.717) is 0 Å². The van der Waals surface area contributed by atoms with Crippen LogP contribution < -0.4 is 0 Å². The van der Waals surface area contributed by atoms with E-state index >= 15 is 0 Å². The van der Waals surface area contributed by atoms with Crippen molar-refractivity contribution in [1.82, 2.24) is 0 Å². The van der Waals surface area contributed by atoms with Gasteiger partial charge in [0.15, 0.2) is 0 Å². The van der Waals surface area contributed by atoms with Gasteiger partial charge in [0.1, 0.15) is 0 Å². The van der Waals surface area contributed by atoms with E-state index < -0.39 is 0 Å². The van der Waals surface area contributed by atoms with Crippen LogP contribution in [0.5, 0.6) is 0 Å². The zero-order valence-corrected chi connectivity index (χ0v) is 14.5. The molecule has 0 saturated carbocycles. The van der Waals surface area contributed by atoms with Gasteiger partial charge in [-0.2, -0.15) is 0 Å². The molecule has 2 aromatic carbocycles. The van der Waals surface area contributed by atoms with E-state index in [1.807, 2.05) is 0 Å². The molecule has 0 aromatic heterocycles. The van der Waals surface area contributed by atoms with Crippen LogP contribution in [0.1, 0.15) is 42.8 Å². The molecule has 0 amide bonds. The summed E-state index contributed by atoms with van der Waals surface area (Å²) in [7, 11) is 0. The molecule has 1 unspecified atom stereocenters. The first-order valence-corrected chi connectivity index (χ1v) is 8.09. The molecule has 0 heterocycles. The number of benzene rings is 2. The predicted octanol–water partition coefficient (Wildman–Crippen LogP) is 6.27. The van der Waals surface area contributed by atoms with Crippen LogP contribution in [0.25, 0.3) is 0 Å². The first kappa shape index (κ1) is 15.6. The number of alkyl halides is 1. The lowest BCUT2D eigenvalue weighted by Crippen LogP contribution is -2.15. The van der Waals surface area contributed by atoms with Gasteiger partial charge >= 0.3 is 0 Å². The summed E-state index contributed by atoms with van der Waals surface area (Å²) in [6, 6.07) is 16.9. The molecule has 0 spiro atoms. The van der Waals surface area contributed by atoms with E-state index in [0.717, 1.165) is 10.9 Å². The van der Waals surface area contributed by atoms with Crippen LogP contribution in [0.3, 0.4) is 0 Å². The van der Waals surface area contributed by atoms with Crippen molar-refractivity contribution in [2.75, 3.05) is 0 Å². The van der Waals surface area contributed by atoms with Crippen molar-refractivity contribution < 1.29 is 0 Å². The van der Waals surface area contributed by atoms with Crippen LogP contribution in [0.4, 0.5) is 0 Å². The fraction of sp³-hybridized carbons (Fsp3) is 0.333. The Morgan fingerprint density at radius 2 is 1.60 bits per heavy atom. The fourth-order valence-electron chi connectivity index (χ4n) is 2.39. The third-order valence-electron chi connectivity index (χ3n) is 3.43. The van der Waals surface area contributed by atoms with Crippen LogP contribution in [0.15, 0.2) is 53.0 Å². The van der Waals surface area contributed by atoms with Crippen molar-refractivity contribution in [2.45, 2.75) is 38.0 Å². The lowest BCUT2D eigenvalue weighted by molar-refractivity contribution is 0.580. The monoisotopic (exact) mass is 350 g/mol. The second-order valence-corrected chi connectivity index (χ2v) is 7.58. The highest BCUT2D eigenvalue weighted by atomic mass is 79.9. The summed E-state index contributed by atoms with van der Waals surface area (Å²) >= 11 is 10.1. The Hall–Kier alpha value is -0.790. The second kappa shape index (κ2) is 6.32. The molecule has 2 aromatic rings. The molecule has 0 nitrogen and oxygen atoms in total. The normalized spacial score (nSPS) is 13.2. The van der Waals surface area contributed by atoms with Crippen LogP contribution >= 0.6 is 27.5 Å². The molecular formula is C18H20BrCl. The minimum Gasteiger partial charge on any atom is -0.117 e. The Labute approximate surface area is 135 Å². The molecule has 0 bridgehead atoms. The molecule has 0 aliphatic carbocycles. The van der Waals surface area contributed by atoms with Crippen molar-refractivity contribution in [3.05, 3.63) is 69.7 Å². The summed E-state index contributed by atoms with van der Waals surface area (Å²) in [6.45, 7) is 6.69. The van der Waals surface area contributed by atoms with Gasteiger partial charge in [-0.1, -0.05) is 73.1 Å². The van der Waals surface area contributed by atoms with Crippen molar-refractivity contribution >= 4 is 27.5 Å². The maximum Gasteiger partial charge on any atom is 0.0628 e. The van der Waals surface area contributed by atoms with Crippen LogP contribution in [-0.2, 0) is 11.8 Å². The lowest BCUT2D eigenvalue weighted by Gasteiger charge is -2.25. The van der Waals surface area contributed by atoms with Gasteiger partial charge in [-0.3, -0.25) is 0 Å². The highest BCUT2D eigenvalue weighted by Gasteiger charge is 2.21. The first-order valence-electron chi connectivity index (χ1n) is 6.86. The summed E-state index contributed by atoms with van der Waals surface area (Å²) < 4.78 is 1.10. The van der Waals surface area contributed by atoms with Crippen LogP contribution in [0, 0.1) is 0 Å². The molecule has 0 aliphatic rings. The van der Waals surface area contributed by atoms with Gasteiger partial charge in [-0.25, -0.2) is 0 Å². The van der Waals surface area contributed by atoms with Gasteiger partial charge in [0.2, 0.25) is 0 Å². The SMILES string of the molecule is CC(C)(C)c1ccccc1C(Cl)Cc1ccc(Br)cc1. The molecule has 0 N–H and O–H groups in total. The highest BCUT2D eigenvalue weighted by molar-refractivity contribution is 9.10. The molecule has 0 saturated heterocycles. The minimum atomic E-state index is 0.00611. The first-order chi connectivity index (χ1) is 9.38. The average Bonchev–Trinajstić information content (AvgIpc) is 2.40. The molecule has 0 aliphatic heterocycles. The van der Waals surface area contributed by atoms with Gasteiger partial charge in [0.25, 0.3) is 0 Å². The quantitative estimate of drug-likeness (QED) is 0.572. The number of halogens is 2. The summed E-state index contributed by atoms with van der Waals surface area (Å²) in [5.41, 5.74) is 3.95.